The molecule has 0 aromatic heterocycles. The van der Waals surface area contributed by atoms with Crippen molar-refractivity contribution >= 4 is 17.5 Å². The fourth-order valence-electron chi connectivity index (χ4n) is 1.62. The number of likely N-dealkylation sites (N-methyl/N-ethyl adjacent to an activating group) is 1. The predicted octanol–water partition coefficient (Wildman–Crippen LogP) is 0.197. The molecule has 16 heavy (non-hydrogen) atoms. The lowest BCUT2D eigenvalue weighted by molar-refractivity contribution is -0.136. The van der Waals surface area contributed by atoms with Crippen LogP contribution in [-0.2, 0) is 9.59 Å². The molecule has 1 heterocycles. The molecule has 1 saturated heterocycles. The summed E-state index contributed by atoms with van der Waals surface area (Å²) in [7, 11) is 1.60. The summed E-state index contributed by atoms with van der Waals surface area (Å²) in [6.45, 7) is 0.104. The summed E-state index contributed by atoms with van der Waals surface area (Å²) in [5, 5.41) is 9.31. The number of hydrogen-bond acceptors (Lipinski definition) is 3. The van der Waals surface area contributed by atoms with Crippen molar-refractivity contribution in [1.82, 2.24) is 4.90 Å². The molecule has 0 saturated carbocycles. The topological polar surface area (TPSA) is 60.9 Å². The first-order valence-corrected chi connectivity index (χ1v) is 4.91. The molecule has 0 radical (unpaired) electrons. The van der Waals surface area contributed by atoms with Gasteiger partial charge in [-0.15, -0.1) is 0 Å². The third-order valence-corrected chi connectivity index (χ3v) is 2.53. The number of aromatic hydroxyl groups is 1. The molecule has 2 amide bonds. The van der Waals surface area contributed by atoms with Gasteiger partial charge in [0.25, 0.3) is 0 Å². The summed E-state index contributed by atoms with van der Waals surface area (Å²) in [5.74, 6) is -0.174. The van der Waals surface area contributed by atoms with E-state index in [0.29, 0.717) is 5.69 Å². The van der Waals surface area contributed by atoms with E-state index in [1.54, 1.807) is 19.2 Å². The van der Waals surface area contributed by atoms with Crippen LogP contribution in [-0.4, -0.2) is 42.0 Å². The predicted molar refractivity (Wildman–Crippen MR) is 58.1 cm³/mol. The zero-order valence-corrected chi connectivity index (χ0v) is 8.88. The molecule has 0 unspecified atom stereocenters. The van der Waals surface area contributed by atoms with Crippen molar-refractivity contribution in [3.8, 4) is 5.75 Å². The van der Waals surface area contributed by atoms with Crippen LogP contribution >= 0.6 is 0 Å². The molecule has 1 aromatic rings. The highest BCUT2D eigenvalue weighted by molar-refractivity contribution is 6.04. The fourth-order valence-corrected chi connectivity index (χ4v) is 1.62. The fraction of sp³-hybridized carbons (Fsp3) is 0.273. The molecule has 1 fully saturated rings. The molecule has 1 aliphatic rings. The minimum atomic E-state index is -0.146. The summed E-state index contributed by atoms with van der Waals surface area (Å²) < 4.78 is 0. The van der Waals surface area contributed by atoms with E-state index in [0.717, 1.165) is 0 Å². The number of benzene rings is 1. The van der Waals surface area contributed by atoms with E-state index in [1.165, 1.54) is 21.9 Å². The zero-order valence-electron chi connectivity index (χ0n) is 8.88. The van der Waals surface area contributed by atoms with Gasteiger partial charge in [0.1, 0.15) is 12.3 Å². The molecule has 0 bridgehead atoms. The van der Waals surface area contributed by atoms with Gasteiger partial charge in [-0.1, -0.05) is 6.07 Å². The average molecular weight is 220 g/mol. The van der Waals surface area contributed by atoms with Crippen LogP contribution in [0.15, 0.2) is 24.3 Å². The van der Waals surface area contributed by atoms with Gasteiger partial charge in [0.05, 0.1) is 6.54 Å². The van der Waals surface area contributed by atoms with Gasteiger partial charge in [-0.05, 0) is 12.1 Å². The van der Waals surface area contributed by atoms with Gasteiger partial charge >= 0.3 is 0 Å². The van der Waals surface area contributed by atoms with Crippen molar-refractivity contribution < 1.29 is 14.7 Å². The van der Waals surface area contributed by atoms with Crippen LogP contribution in [0.4, 0.5) is 5.69 Å². The monoisotopic (exact) mass is 220 g/mol. The molecule has 84 valence electrons. The number of anilines is 1. The van der Waals surface area contributed by atoms with E-state index in [1.807, 2.05) is 0 Å². The zero-order chi connectivity index (χ0) is 11.7. The van der Waals surface area contributed by atoms with Crippen LogP contribution in [0.5, 0.6) is 5.75 Å². The summed E-state index contributed by atoms with van der Waals surface area (Å²) in [4.78, 5) is 26.0. The maximum Gasteiger partial charge on any atom is 0.247 e. The highest BCUT2D eigenvalue weighted by atomic mass is 16.3. The van der Waals surface area contributed by atoms with Gasteiger partial charge in [0.2, 0.25) is 11.8 Å². The lowest BCUT2D eigenvalue weighted by Gasteiger charge is -2.31. The highest BCUT2D eigenvalue weighted by Crippen LogP contribution is 2.21. The van der Waals surface area contributed by atoms with Crippen molar-refractivity contribution in [1.29, 1.82) is 0 Å². The Kier molecular flexibility index (Phi) is 2.52. The van der Waals surface area contributed by atoms with Gasteiger partial charge in [0.15, 0.2) is 0 Å². The van der Waals surface area contributed by atoms with E-state index < -0.39 is 0 Å². The normalized spacial score (nSPS) is 16.8. The minimum absolute atomic E-state index is 0.0266. The summed E-state index contributed by atoms with van der Waals surface area (Å²) in [6, 6.07) is 6.32. The van der Waals surface area contributed by atoms with E-state index >= 15 is 0 Å². The molecule has 0 atom stereocenters. The van der Waals surface area contributed by atoms with E-state index in [2.05, 4.69) is 0 Å². The Labute approximate surface area is 92.9 Å². The first-order valence-electron chi connectivity index (χ1n) is 4.91. The second-order valence-corrected chi connectivity index (χ2v) is 3.75. The van der Waals surface area contributed by atoms with Gasteiger partial charge in [-0.25, -0.2) is 0 Å². The number of nitrogens with zero attached hydrogens (tertiary/aromatic N) is 2. The Hall–Kier alpha value is -2.04. The SMILES string of the molecule is CN1CC(=O)N(c2cccc(O)c2)CC1=O. The van der Waals surface area contributed by atoms with Crippen LogP contribution in [0, 0.1) is 0 Å². The minimum Gasteiger partial charge on any atom is -0.508 e. The number of carbonyl (C=O) groups is 2. The molecule has 0 aliphatic carbocycles. The van der Waals surface area contributed by atoms with Crippen LogP contribution in [0.3, 0.4) is 0 Å². The van der Waals surface area contributed by atoms with Crippen molar-refractivity contribution in [2.45, 2.75) is 0 Å². The first kappa shape index (κ1) is 10.5. The second-order valence-electron chi connectivity index (χ2n) is 3.75. The molecule has 5 nitrogen and oxygen atoms in total. The summed E-state index contributed by atoms with van der Waals surface area (Å²) in [6.07, 6.45) is 0. The van der Waals surface area contributed by atoms with E-state index in [-0.39, 0.29) is 30.7 Å². The lowest BCUT2D eigenvalue weighted by atomic mass is 10.2. The van der Waals surface area contributed by atoms with Crippen molar-refractivity contribution in [3.05, 3.63) is 24.3 Å². The molecule has 0 spiro atoms. The van der Waals surface area contributed by atoms with E-state index in [9.17, 15) is 14.7 Å². The first-order chi connectivity index (χ1) is 7.58. The summed E-state index contributed by atoms with van der Waals surface area (Å²) >= 11 is 0. The third-order valence-electron chi connectivity index (χ3n) is 2.53. The van der Waals surface area contributed by atoms with Crippen LogP contribution in [0.2, 0.25) is 0 Å². The largest absolute Gasteiger partial charge is 0.508 e. The third kappa shape index (κ3) is 1.84. The molecular formula is C11H12N2O3. The quantitative estimate of drug-likeness (QED) is 0.735. The van der Waals surface area contributed by atoms with Gasteiger partial charge in [-0.2, -0.15) is 0 Å². The van der Waals surface area contributed by atoms with Gasteiger partial charge < -0.3 is 14.9 Å². The van der Waals surface area contributed by atoms with Crippen LogP contribution < -0.4 is 4.90 Å². The standard InChI is InChI=1S/C11H12N2O3/c1-12-6-11(16)13(7-10(12)15)8-3-2-4-9(14)5-8/h2-5,14H,6-7H2,1H3. The molecule has 1 N–H and O–H groups in total. The van der Waals surface area contributed by atoms with Crippen molar-refractivity contribution in [2.75, 3.05) is 25.0 Å². The maximum atomic E-state index is 11.7. The lowest BCUT2D eigenvalue weighted by Crippen LogP contribution is -2.52. The number of piperazine rings is 1. The molecule has 1 aromatic carbocycles. The highest BCUT2D eigenvalue weighted by Gasteiger charge is 2.28. The summed E-state index contributed by atoms with van der Waals surface area (Å²) in [5.41, 5.74) is 0.548. The molecular weight excluding hydrogens is 208 g/mol. The Bertz CT molecular complexity index is 445. The molecule has 1 aliphatic heterocycles. The maximum absolute atomic E-state index is 11.7. The van der Waals surface area contributed by atoms with Gasteiger partial charge in [0, 0.05) is 18.8 Å². The number of rotatable bonds is 1. The number of hydrogen-bond donors (Lipinski definition) is 1. The molecule has 5 heteroatoms. The van der Waals surface area contributed by atoms with Crippen molar-refractivity contribution in [2.24, 2.45) is 0 Å². The Morgan fingerprint density at radius 3 is 2.62 bits per heavy atom. The Morgan fingerprint density at radius 2 is 1.94 bits per heavy atom. The number of phenolic OH excluding ortho intramolecular Hbond substituents is 1. The van der Waals surface area contributed by atoms with Crippen molar-refractivity contribution in [3.63, 3.8) is 0 Å². The number of phenols is 1. The number of carbonyl (C=O) groups excluding carboxylic acids is 2. The van der Waals surface area contributed by atoms with Gasteiger partial charge in [-0.3, -0.25) is 9.59 Å². The van der Waals surface area contributed by atoms with E-state index in [4.69, 9.17) is 0 Å². The molecule has 2 rings (SSSR count). The van der Waals surface area contributed by atoms with Crippen LogP contribution in [0.25, 0.3) is 0 Å². The Balaban J connectivity index is 2.27. The second kappa shape index (κ2) is 3.84. The number of amides is 2. The average Bonchev–Trinajstić information content (AvgIpc) is 2.23. The van der Waals surface area contributed by atoms with Crippen LogP contribution in [0.1, 0.15) is 0 Å². The Morgan fingerprint density at radius 1 is 1.19 bits per heavy atom. The smallest absolute Gasteiger partial charge is 0.247 e.